The lowest BCUT2D eigenvalue weighted by molar-refractivity contribution is -0.161. The van der Waals surface area contributed by atoms with Gasteiger partial charge in [0.05, 0.1) is 6.61 Å². The quantitative estimate of drug-likeness (QED) is 0.0301. The minimum absolute atomic E-state index is 0.208. The van der Waals surface area contributed by atoms with Crippen LogP contribution in [0.5, 0.6) is 0 Å². The summed E-state index contributed by atoms with van der Waals surface area (Å²) < 4.78 is 31.9. The lowest BCUT2D eigenvalue weighted by Crippen LogP contribution is -2.29. The van der Waals surface area contributed by atoms with E-state index >= 15 is 0 Å². The smallest absolute Gasteiger partial charge is 0.462 e. The largest absolute Gasteiger partial charge is 0.472 e. The molecule has 0 spiro atoms. The lowest BCUT2D eigenvalue weighted by Gasteiger charge is -2.19. The average molecular weight is 733 g/mol. The van der Waals surface area contributed by atoms with E-state index in [1.165, 1.54) is 0 Å². The first-order valence-electron chi connectivity index (χ1n) is 19.3. The molecule has 0 saturated heterocycles. The molecule has 290 valence electrons. The van der Waals surface area contributed by atoms with Crippen LogP contribution in [0, 0.1) is 0 Å². The van der Waals surface area contributed by atoms with Crippen molar-refractivity contribution in [3.8, 4) is 0 Å². The highest BCUT2D eigenvalue weighted by Gasteiger charge is 2.24. The third kappa shape index (κ3) is 36.8. The van der Waals surface area contributed by atoms with Crippen molar-refractivity contribution in [3.05, 3.63) is 85.1 Å². The van der Waals surface area contributed by atoms with Crippen LogP contribution >= 0.6 is 7.82 Å². The summed E-state index contributed by atoms with van der Waals surface area (Å²) in [6.45, 7) is 3.60. The molecule has 0 rings (SSSR count). The predicted molar refractivity (Wildman–Crippen MR) is 211 cm³/mol. The Morgan fingerprint density at radius 2 is 0.941 bits per heavy atom. The van der Waals surface area contributed by atoms with E-state index in [-0.39, 0.29) is 19.4 Å². The first-order valence-corrected chi connectivity index (χ1v) is 20.8. The summed E-state index contributed by atoms with van der Waals surface area (Å²) in [4.78, 5) is 34.4. The maximum Gasteiger partial charge on any atom is 0.472 e. The van der Waals surface area contributed by atoms with Crippen LogP contribution < -0.4 is 0 Å². The molecule has 2 unspecified atom stereocenters. The van der Waals surface area contributed by atoms with Gasteiger partial charge in [-0.3, -0.25) is 18.6 Å². The number of hydrogen-bond donors (Lipinski definition) is 1. The van der Waals surface area contributed by atoms with E-state index < -0.39 is 32.5 Å². The highest BCUT2D eigenvalue weighted by atomic mass is 31.2. The molecule has 0 aromatic heterocycles. The van der Waals surface area contributed by atoms with Gasteiger partial charge in [-0.25, -0.2) is 4.57 Å². The summed E-state index contributed by atoms with van der Waals surface area (Å²) in [5.74, 6) is -0.862. The Labute approximate surface area is 310 Å². The molecule has 0 aliphatic heterocycles. The molecule has 0 aromatic carbocycles. The number of allylic oxidation sites excluding steroid dienone is 14. The second-order valence-electron chi connectivity index (χ2n) is 12.3. The summed E-state index contributed by atoms with van der Waals surface area (Å²) >= 11 is 0. The first-order chi connectivity index (χ1) is 24.8. The second-order valence-corrected chi connectivity index (χ2v) is 13.9. The maximum atomic E-state index is 12.5. The Morgan fingerprint density at radius 3 is 1.39 bits per heavy atom. The van der Waals surface area contributed by atoms with E-state index in [1.54, 1.807) is 0 Å². The fourth-order valence-electron chi connectivity index (χ4n) is 4.72. The van der Waals surface area contributed by atoms with Gasteiger partial charge in [-0.2, -0.15) is 0 Å². The number of phosphoric acid groups is 1. The topological polar surface area (TPSA) is 108 Å². The number of phosphoric ester groups is 1. The molecular weight excluding hydrogens is 663 g/mol. The molecule has 0 radical (unpaired) electrons. The van der Waals surface area contributed by atoms with Gasteiger partial charge in [0, 0.05) is 20.0 Å². The summed E-state index contributed by atoms with van der Waals surface area (Å²) in [5.41, 5.74) is 0. The summed E-state index contributed by atoms with van der Waals surface area (Å²) in [5, 5.41) is 0. The Hall–Kier alpha value is -2.77. The van der Waals surface area contributed by atoms with E-state index in [0.717, 1.165) is 110 Å². The molecule has 0 saturated carbocycles. The number of ether oxygens (including phenoxy) is 2. The number of rotatable bonds is 34. The van der Waals surface area contributed by atoms with E-state index in [1.807, 2.05) is 0 Å². The van der Waals surface area contributed by atoms with Gasteiger partial charge in [-0.05, 0) is 83.5 Å². The SMILES string of the molecule is CC/C=C\C/C=C\C/C=C\C/C=C\CCCCCCC(=O)OC(COC(=O)CCCCCCC/C=C\C/C=C\C/C=C\CC)COP(=O)(O)OC. The molecule has 0 fully saturated rings. The zero-order valence-corrected chi connectivity index (χ0v) is 32.9. The standard InChI is InChI=1S/C42H69O8P/c1-4-6-8-10-12-14-16-18-20-21-23-25-27-29-31-33-35-37-42(44)50-40(39-49-51(45,46)47-3)38-48-41(43)36-34-32-30-28-26-24-22-19-17-15-13-11-9-7-5-2/h6-9,12-15,18-20,22-23,25,40H,4-5,10-11,16-17,21,24,26-39H2,1-3H3,(H,45,46)/b8-6-,9-7-,14-12-,15-13-,20-18-,22-19-,25-23-. The molecule has 1 N–H and O–H groups in total. The molecule has 8 nitrogen and oxygen atoms in total. The second kappa shape index (κ2) is 37.0. The van der Waals surface area contributed by atoms with Gasteiger partial charge in [-0.1, -0.05) is 131 Å². The number of esters is 2. The summed E-state index contributed by atoms with van der Waals surface area (Å²) in [6.07, 6.45) is 47.7. The number of carbonyl (C=O) groups excluding carboxylic acids is 2. The number of hydrogen-bond acceptors (Lipinski definition) is 7. The van der Waals surface area contributed by atoms with Crippen molar-refractivity contribution in [1.82, 2.24) is 0 Å². The molecule has 0 bridgehead atoms. The van der Waals surface area contributed by atoms with Gasteiger partial charge in [0.1, 0.15) is 6.61 Å². The van der Waals surface area contributed by atoms with E-state index in [9.17, 15) is 19.0 Å². The van der Waals surface area contributed by atoms with Gasteiger partial charge in [0.2, 0.25) is 0 Å². The van der Waals surface area contributed by atoms with Crippen LogP contribution in [0.2, 0.25) is 0 Å². The van der Waals surface area contributed by atoms with Crippen LogP contribution in [0.1, 0.15) is 142 Å². The van der Waals surface area contributed by atoms with Crippen molar-refractivity contribution >= 4 is 19.8 Å². The molecule has 2 atom stereocenters. The van der Waals surface area contributed by atoms with Crippen molar-refractivity contribution in [1.29, 1.82) is 0 Å². The zero-order chi connectivity index (χ0) is 37.5. The van der Waals surface area contributed by atoms with Gasteiger partial charge in [0.15, 0.2) is 6.10 Å². The van der Waals surface area contributed by atoms with Crippen LogP contribution in [0.15, 0.2) is 85.1 Å². The van der Waals surface area contributed by atoms with Crippen LogP contribution in [-0.2, 0) is 32.7 Å². The van der Waals surface area contributed by atoms with Crippen molar-refractivity contribution < 1.29 is 37.6 Å². The Kier molecular flexibility index (Phi) is 35.0. The third-order valence-electron chi connectivity index (χ3n) is 7.63. The minimum Gasteiger partial charge on any atom is -0.462 e. The molecule has 51 heavy (non-hydrogen) atoms. The molecule has 0 heterocycles. The fraction of sp³-hybridized carbons (Fsp3) is 0.619. The monoisotopic (exact) mass is 732 g/mol. The average Bonchev–Trinajstić information content (AvgIpc) is 3.12. The van der Waals surface area contributed by atoms with Crippen LogP contribution in [0.3, 0.4) is 0 Å². The zero-order valence-electron chi connectivity index (χ0n) is 32.0. The maximum absolute atomic E-state index is 12.5. The molecule has 0 aliphatic carbocycles. The minimum atomic E-state index is -4.28. The van der Waals surface area contributed by atoms with E-state index in [4.69, 9.17) is 14.0 Å². The Balaban J connectivity index is 4.15. The van der Waals surface area contributed by atoms with Crippen LogP contribution in [-0.4, -0.2) is 43.3 Å². The third-order valence-corrected chi connectivity index (χ3v) is 8.57. The summed E-state index contributed by atoms with van der Waals surface area (Å²) in [6, 6.07) is 0. The molecular formula is C42H69O8P. The Morgan fingerprint density at radius 1 is 0.549 bits per heavy atom. The molecule has 0 aliphatic rings. The normalized spacial score (nSPS) is 14.4. The molecule has 0 aromatic rings. The van der Waals surface area contributed by atoms with E-state index in [0.29, 0.717) is 12.8 Å². The fourth-order valence-corrected chi connectivity index (χ4v) is 5.18. The van der Waals surface area contributed by atoms with Crippen molar-refractivity contribution in [2.75, 3.05) is 20.3 Å². The van der Waals surface area contributed by atoms with E-state index in [2.05, 4.69) is 103 Å². The lowest BCUT2D eigenvalue weighted by atomic mass is 10.1. The van der Waals surface area contributed by atoms with Crippen molar-refractivity contribution in [2.24, 2.45) is 0 Å². The van der Waals surface area contributed by atoms with Gasteiger partial charge < -0.3 is 14.4 Å². The predicted octanol–water partition coefficient (Wildman–Crippen LogP) is 11.9. The summed E-state index contributed by atoms with van der Waals surface area (Å²) in [7, 11) is -3.23. The van der Waals surface area contributed by atoms with Crippen LogP contribution in [0.25, 0.3) is 0 Å². The van der Waals surface area contributed by atoms with Gasteiger partial charge in [-0.15, -0.1) is 0 Å². The molecule has 0 amide bonds. The first kappa shape index (κ1) is 48.2. The molecule has 9 heteroatoms. The Bertz CT molecular complexity index is 1100. The van der Waals surface area contributed by atoms with Crippen molar-refractivity contribution in [2.45, 2.75) is 148 Å². The van der Waals surface area contributed by atoms with Gasteiger partial charge >= 0.3 is 19.8 Å². The van der Waals surface area contributed by atoms with Crippen molar-refractivity contribution in [3.63, 3.8) is 0 Å². The van der Waals surface area contributed by atoms with Crippen LogP contribution in [0.4, 0.5) is 0 Å². The number of carbonyl (C=O) groups is 2. The highest BCUT2D eigenvalue weighted by Crippen LogP contribution is 2.42. The van der Waals surface area contributed by atoms with Gasteiger partial charge in [0.25, 0.3) is 0 Å². The highest BCUT2D eigenvalue weighted by molar-refractivity contribution is 7.47. The number of unbranched alkanes of at least 4 members (excludes halogenated alkanes) is 9.